The molecule has 0 fully saturated rings. The van der Waals surface area contributed by atoms with Gasteiger partial charge in [-0.2, -0.15) is 0 Å². The smallest absolute Gasteiger partial charge is 0.237 e. The molecule has 2 atom stereocenters. The number of hydrogen-bond donors (Lipinski definition) is 3. The van der Waals surface area contributed by atoms with Crippen molar-refractivity contribution in [2.45, 2.75) is 52.1 Å². The molecule has 0 radical (unpaired) electrons. The van der Waals surface area contributed by atoms with Gasteiger partial charge in [0, 0.05) is 17.8 Å². The molecule has 0 saturated carbocycles. The molecule has 1 aliphatic heterocycles. The molecule has 4 N–H and O–H groups in total. The molecule has 5 heteroatoms. The predicted molar refractivity (Wildman–Crippen MR) is 137 cm³/mol. The Kier molecular flexibility index (Phi) is 7.13. The van der Waals surface area contributed by atoms with Crippen molar-refractivity contribution in [3.63, 3.8) is 0 Å². The molecule has 1 heterocycles. The fraction of sp³-hybridized carbons (Fsp3) is 0.310. The summed E-state index contributed by atoms with van der Waals surface area (Å²) in [5, 5.41) is 6.64. The number of anilines is 1. The zero-order valence-electron chi connectivity index (χ0n) is 20.2. The predicted octanol–water partition coefficient (Wildman–Crippen LogP) is 4.64. The molecule has 3 aromatic carbocycles. The molecule has 0 bridgehead atoms. The number of nitrogens with one attached hydrogen (secondary N) is 2. The van der Waals surface area contributed by atoms with E-state index in [1.807, 2.05) is 32.0 Å². The maximum atomic E-state index is 13.1. The molecule has 5 nitrogen and oxygen atoms in total. The molecular weight excluding hydrogens is 422 g/mol. The topological polar surface area (TPSA) is 84.2 Å². The minimum atomic E-state index is -0.661. The molecular formula is C29H33N3O2. The number of ketones is 1. The van der Waals surface area contributed by atoms with Crippen LogP contribution in [0.15, 0.2) is 60.7 Å². The fourth-order valence-electron chi connectivity index (χ4n) is 4.77. The lowest BCUT2D eigenvalue weighted by molar-refractivity contribution is -0.123. The number of rotatable bonds is 7. The number of aryl methyl sites for hydroxylation is 2. The van der Waals surface area contributed by atoms with Crippen LogP contribution in [0, 0.1) is 13.8 Å². The largest absolute Gasteiger partial charge is 0.385 e. The number of hydrogen-bond acceptors (Lipinski definition) is 4. The van der Waals surface area contributed by atoms with Crippen LogP contribution in [0.5, 0.6) is 0 Å². The Labute approximate surface area is 201 Å². The number of amides is 1. The van der Waals surface area contributed by atoms with Crippen molar-refractivity contribution in [3.8, 4) is 0 Å². The normalized spacial score (nSPS) is 15.7. The van der Waals surface area contributed by atoms with E-state index in [-0.39, 0.29) is 17.7 Å². The average Bonchev–Trinajstić information content (AvgIpc) is 2.82. The highest BCUT2D eigenvalue weighted by molar-refractivity contribution is 5.94. The number of carbonyl (C=O) groups is 2. The summed E-state index contributed by atoms with van der Waals surface area (Å²) in [6.07, 6.45) is 2.10. The van der Waals surface area contributed by atoms with E-state index in [1.54, 1.807) is 6.92 Å². The van der Waals surface area contributed by atoms with Crippen molar-refractivity contribution in [1.29, 1.82) is 0 Å². The van der Waals surface area contributed by atoms with E-state index in [4.69, 9.17) is 5.73 Å². The standard InChI is InChI=1S/C29H33N3O2/c1-18-13-23(20(3)33)14-19(2)24(18)17-26(30)29(34)32-28-11-12-31-27-10-9-22(16-25(27)28)15-21-7-5-4-6-8-21/h4-10,13-14,16,26,28,31H,11-12,15,17,30H2,1-3H3,(H,32,34)/t26-,28+/m0/s1. The van der Waals surface area contributed by atoms with Crippen LogP contribution in [0.2, 0.25) is 0 Å². The molecule has 4 rings (SSSR count). The summed E-state index contributed by atoms with van der Waals surface area (Å²) in [5.41, 5.74) is 14.7. The number of benzene rings is 3. The van der Waals surface area contributed by atoms with Crippen LogP contribution in [0.3, 0.4) is 0 Å². The molecule has 1 amide bonds. The summed E-state index contributed by atoms with van der Waals surface area (Å²) >= 11 is 0. The van der Waals surface area contributed by atoms with Crippen LogP contribution in [-0.4, -0.2) is 24.3 Å². The van der Waals surface area contributed by atoms with Crippen LogP contribution in [-0.2, 0) is 17.6 Å². The maximum Gasteiger partial charge on any atom is 0.237 e. The van der Waals surface area contributed by atoms with Crippen molar-refractivity contribution >= 4 is 17.4 Å². The molecule has 0 spiro atoms. The van der Waals surface area contributed by atoms with Gasteiger partial charge >= 0.3 is 0 Å². The Hall–Kier alpha value is -3.44. The van der Waals surface area contributed by atoms with Gasteiger partial charge in [-0.15, -0.1) is 0 Å². The first kappa shape index (κ1) is 23.7. The van der Waals surface area contributed by atoms with Gasteiger partial charge in [0.2, 0.25) is 5.91 Å². The van der Waals surface area contributed by atoms with E-state index in [0.29, 0.717) is 12.0 Å². The Morgan fingerprint density at radius 3 is 2.41 bits per heavy atom. The number of fused-ring (bicyclic) bond motifs is 1. The zero-order chi connectivity index (χ0) is 24.2. The Morgan fingerprint density at radius 1 is 1.03 bits per heavy atom. The third kappa shape index (κ3) is 5.37. The third-order valence-corrected chi connectivity index (χ3v) is 6.67. The molecule has 0 saturated heterocycles. The van der Waals surface area contributed by atoms with Gasteiger partial charge in [-0.3, -0.25) is 9.59 Å². The summed E-state index contributed by atoms with van der Waals surface area (Å²) < 4.78 is 0. The van der Waals surface area contributed by atoms with Crippen molar-refractivity contribution in [1.82, 2.24) is 5.32 Å². The molecule has 176 valence electrons. The van der Waals surface area contributed by atoms with E-state index in [1.165, 1.54) is 11.1 Å². The Bertz CT molecular complexity index is 1180. The number of nitrogens with two attached hydrogens (primary N) is 1. The first-order valence-electron chi connectivity index (χ1n) is 11.9. The Balaban J connectivity index is 1.48. The van der Waals surface area contributed by atoms with Gasteiger partial charge in [0.25, 0.3) is 0 Å². The van der Waals surface area contributed by atoms with Crippen LogP contribution in [0.25, 0.3) is 0 Å². The van der Waals surface area contributed by atoms with E-state index in [2.05, 4.69) is 53.1 Å². The quantitative estimate of drug-likeness (QED) is 0.453. The van der Waals surface area contributed by atoms with Crippen molar-refractivity contribution < 1.29 is 9.59 Å². The third-order valence-electron chi connectivity index (χ3n) is 6.67. The van der Waals surface area contributed by atoms with Gasteiger partial charge in [-0.25, -0.2) is 0 Å². The van der Waals surface area contributed by atoms with Gasteiger partial charge in [-0.05, 0) is 91.6 Å². The van der Waals surface area contributed by atoms with E-state index < -0.39 is 6.04 Å². The van der Waals surface area contributed by atoms with Gasteiger partial charge in [0.05, 0.1) is 12.1 Å². The number of Topliss-reactive ketones (excluding diaryl/α,β-unsaturated/α-hetero) is 1. The van der Waals surface area contributed by atoms with Gasteiger partial charge in [0.15, 0.2) is 5.78 Å². The van der Waals surface area contributed by atoms with Crippen LogP contribution < -0.4 is 16.4 Å². The molecule has 0 unspecified atom stereocenters. The van der Waals surface area contributed by atoms with Crippen LogP contribution in [0.1, 0.15) is 63.1 Å². The van der Waals surface area contributed by atoms with E-state index in [0.717, 1.165) is 47.3 Å². The molecule has 0 aromatic heterocycles. The summed E-state index contributed by atoms with van der Waals surface area (Å²) in [6.45, 7) is 6.30. The minimum absolute atomic E-state index is 0.0380. The maximum absolute atomic E-state index is 13.1. The monoisotopic (exact) mass is 455 g/mol. The van der Waals surface area contributed by atoms with Crippen LogP contribution >= 0.6 is 0 Å². The lowest BCUT2D eigenvalue weighted by atomic mass is 9.92. The SMILES string of the molecule is CC(=O)c1cc(C)c(C[C@H](N)C(=O)N[C@@H]2CCNc3ccc(Cc4ccccc4)cc32)c(C)c1. The first-order valence-corrected chi connectivity index (χ1v) is 11.9. The van der Waals surface area contributed by atoms with Gasteiger partial charge < -0.3 is 16.4 Å². The summed E-state index contributed by atoms with van der Waals surface area (Å²) in [7, 11) is 0. The molecule has 34 heavy (non-hydrogen) atoms. The minimum Gasteiger partial charge on any atom is -0.385 e. The van der Waals surface area contributed by atoms with Crippen molar-refractivity contribution in [2.75, 3.05) is 11.9 Å². The van der Waals surface area contributed by atoms with Gasteiger partial charge in [0.1, 0.15) is 0 Å². The van der Waals surface area contributed by atoms with Crippen molar-refractivity contribution in [3.05, 3.63) is 99.6 Å². The number of carbonyl (C=O) groups excluding carboxylic acids is 2. The van der Waals surface area contributed by atoms with E-state index in [9.17, 15) is 9.59 Å². The molecule has 1 aliphatic rings. The average molecular weight is 456 g/mol. The first-order chi connectivity index (χ1) is 16.3. The summed E-state index contributed by atoms with van der Waals surface area (Å²) in [5.74, 6) is -0.114. The molecule has 3 aromatic rings. The van der Waals surface area contributed by atoms with Crippen LogP contribution in [0.4, 0.5) is 5.69 Å². The highest BCUT2D eigenvalue weighted by atomic mass is 16.2. The lowest BCUT2D eigenvalue weighted by Gasteiger charge is -2.29. The van der Waals surface area contributed by atoms with Gasteiger partial charge in [-0.1, -0.05) is 42.5 Å². The second-order valence-corrected chi connectivity index (χ2v) is 9.32. The highest BCUT2D eigenvalue weighted by Crippen LogP contribution is 2.31. The van der Waals surface area contributed by atoms with E-state index >= 15 is 0 Å². The fourth-order valence-corrected chi connectivity index (χ4v) is 4.77. The second-order valence-electron chi connectivity index (χ2n) is 9.32. The summed E-state index contributed by atoms with van der Waals surface area (Å²) in [6, 6.07) is 19.9. The second kappa shape index (κ2) is 10.2. The zero-order valence-corrected chi connectivity index (χ0v) is 20.2. The lowest BCUT2D eigenvalue weighted by Crippen LogP contribution is -2.44. The van der Waals surface area contributed by atoms with Crippen molar-refractivity contribution in [2.24, 2.45) is 5.73 Å². The highest BCUT2D eigenvalue weighted by Gasteiger charge is 2.25. The molecule has 0 aliphatic carbocycles. The Morgan fingerprint density at radius 2 is 1.74 bits per heavy atom. The summed E-state index contributed by atoms with van der Waals surface area (Å²) in [4.78, 5) is 24.8.